The van der Waals surface area contributed by atoms with Gasteiger partial charge in [0.1, 0.15) is 5.76 Å². The van der Waals surface area contributed by atoms with Gasteiger partial charge in [0.25, 0.3) is 0 Å². The van der Waals surface area contributed by atoms with Crippen LogP contribution in [-0.4, -0.2) is 16.7 Å². The summed E-state index contributed by atoms with van der Waals surface area (Å²) in [6.45, 7) is 6.60. The Morgan fingerprint density at radius 2 is 1.71 bits per heavy atom. The monoisotopic (exact) mass is 392 g/mol. The highest BCUT2D eigenvalue weighted by molar-refractivity contribution is 9.10. The molecule has 0 spiro atoms. The van der Waals surface area contributed by atoms with Crippen molar-refractivity contribution in [2.45, 2.75) is 52.9 Å². The van der Waals surface area contributed by atoms with Gasteiger partial charge in [0, 0.05) is 21.2 Å². The summed E-state index contributed by atoms with van der Waals surface area (Å²) in [5, 5.41) is 10.5. The number of hydrogen-bond acceptors (Lipinski definition) is 3. The van der Waals surface area contributed by atoms with Crippen molar-refractivity contribution < 1.29 is 14.7 Å². The number of aliphatic hydroxyl groups excluding tert-OH is 1. The van der Waals surface area contributed by atoms with Gasteiger partial charge in [0.15, 0.2) is 0 Å². The van der Waals surface area contributed by atoms with Crippen molar-refractivity contribution in [3.8, 4) is 0 Å². The Hall–Kier alpha value is -1.42. The predicted octanol–water partition coefficient (Wildman–Crippen LogP) is 5.73. The summed E-state index contributed by atoms with van der Waals surface area (Å²) in [6.07, 6.45) is 4.74. The third kappa shape index (κ3) is 4.35. The summed E-state index contributed by atoms with van der Waals surface area (Å²) >= 11 is 3.35. The molecule has 1 aromatic rings. The standard InChI is InChI=1S/C20H25BrO3/c1-12(2)5-4-6-13(3)7-9-16-18(22)17-11-14(21)8-10-15(17)19(23)20(16)24/h8,10-13,22H,4-7,9H2,1-3H3. The lowest BCUT2D eigenvalue weighted by atomic mass is 9.85. The first-order valence-corrected chi connectivity index (χ1v) is 9.41. The molecule has 1 aromatic carbocycles. The number of aliphatic hydroxyl groups is 1. The number of rotatable bonds is 7. The molecular weight excluding hydrogens is 368 g/mol. The quantitative estimate of drug-likeness (QED) is 0.603. The summed E-state index contributed by atoms with van der Waals surface area (Å²) in [6, 6.07) is 4.99. The second kappa shape index (κ2) is 8.11. The third-order valence-electron chi connectivity index (χ3n) is 4.61. The second-order valence-electron chi connectivity index (χ2n) is 7.14. The van der Waals surface area contributed by atoms with E-state index in [1.54, 1.807) is 18.2 Å². The fraction of sp³-hybridized carbons (Fsp3) is 0.500. The van der Waals surface area contributed by atoms with Gasteiger partial charge >= 0.3 is 0 Å². The number of benzene rings is 1. The van der Waals surface area contributed by atoms with Crippen LogP contribution in [0.3, 0.4) is 0 Å². The summed E-state index contributed by atoms with van der Waals surface area (Å²) < 4.78 is 0.774. The number of allylic oxidation sites excluding steroid dienone is 1. The van der Waals surface area contributed by atoms with Gasteiger partial charge in [0.05, 0.1) is 0 Å². The normalized spacial score (nSPS) is 15.9. The molecular formula is C20H25BrO3. The zero-order valence-corrected chi connectivity index (χ0v) is 16.1. The number of Topliss-reactive ketones (excluding diaryl/α,β-unsaturated/α-hetero) is 2. The summed E-state index contributed by atoms with van der Waals surface area (Å²) in [5.74, 6) is 0.0621. The second-order valence-corrected chi connectivity index (χ2v) is 8.06. The topological polar surface area (TPSA) is 54.4 Å². The molecule has 0 saturated heterocycles. The van der Waals surface area contributed by atoms with E-state index in [0.717, 1.165) is 17.3 Å². The Morgan fingerprint density at radius 3 is 2.38 bits per heavy atom. The SMILES string of the molecule is CC(C)CCCC(C)CCC1=C(O)c2cc(Br)ccc2C(=O)C1=O. The maximum atomic E-state index is 12.3. The molecule has 130 valence electrons. The lowest BCUT2D eigenvalue weighted by molar-refractivity contribution is -0.112. The first-order valence-electron chi connectivity index (χ1n) is 8.62. The first kappa shape index (κ1) is 18.9. The van der Waals surface area contributed by atoms with E-state index in [0.29, 0.717) is 23.8 Å². The van der Waals surface area contributed by atoms with E-state index in [2.05, 4.69) is 36.7 Å². The maximum absolute atomic E-state index is 12.3. The molecule has 0 aliphatic heterocycles. The van der Waals surface area contributed by atoms with Crippen LogP contribution in [0.1, 0.15) is 68.8 Å². The molecule has 2 rings (SSSR count). The average molecular weight is 393 g/mol. The van der Waals surface area contributed by atoms with E-state index in [1.165, 1.54) is 12.8 Å². The zero-order valence-electron chi connectivity index (χ0n) is 14.6. The van der Waals surface area contributed by atoms with Crippen molar-refractivity contribution in [3.05, 3.63) is 39.4 Å². The fourth-order valence-electron chi connectivity index (χ4n) is 3.08. The minimum atomic E-state index is -0.559. The molecule has 0 heterocycles. The van der Waals surface area contributed by atoms with Crippen molar-refractivity contribution in [1.82, 2.24) is 0 Å². The van der Waals surface area contributed by atoms with Crippen LogP contribution in [0.5, 0.6) is 0 Å². The largest absolute Gasteiger partial charge is 0.507 e. The molecule has 1 N–H and O–H groups in total. The number of halogens is 1. The predicted molar refractivity (Wildman–Crippen MR) is 100 cm³/mol. The third-order valence-corrected chi connectivity index (χ3v) is 5.11. The minimum Gasteiger partial charge on any atom is -0.507 e. The van der Waals surface area contributed by atoms with Gasteiger partial charge in [-0.3, -0.25) is 9.59 Å². The van der Waals surface area contributed by atoms with Gasteiger partial charge in [-0.1, -0.05) is 56.0 Å². The summed E-state index contributed by atoms with van der Waals surface area (Å²) in [5.41, 5.74) is 1.01. The molecule has 0 radical (unpaired) electrons. The van der Waals surface area contributed by atoms with Crippen LogP contribution >= 0.6 is 15.9 Å². The van der Waals surface area contributed by atoms with E-state index >= 15 is 0 Å². The van der Waals surface area contributed by atoms with Crippen molar-refractivity contribution in [2.24, 2.45) is 11.8 Å². The Morgan fingerprint density at radius 1 is 1.00 bits per heavy atom. The maximum Gasteiger partial charge on any atom is 0.234 e. The summed E-state index contributed by atoms with van der Waals surface area (Å²) in [4.78, 5) is 24.6. The number of ketones is 2. The van der Waals surface area contributed by atoms with Crippen LogP contribution in [0.4, 0.5) is 0 Å². The molecule has 0 bridgehead atoms. The Balaban J connectivity index is 2.10. The van der Waals surface area contributed by atoms with Gasteiger partial charge < -0.3 is 5.11 Å². The molecule has 1 aliphatic rings. The van der Waals surface area contributed by atoms with Crippen LogP contribution < -0.4 is 0 Å². The number of hydrogen-bond donors (Lipinski definition) is 1. The fourth-order valence-corrected chi connectivity index (χ4v) is 3.44. The van der Waals surface area contributed by atoms with E-state index in [9.17, 15) is 14.7 Å². The van der Waals surface area contributed by atoms with Crippen LogP contribution in [0.15, 0.2) is 28.2 Å². The van der Waals surface area contributed by atoms with Crippen molar-refractivity contribution in [1.29, 1.82) is 0 Å². The number of fused-ring (bicyclic) bond motifs is 1. The Bertz CT molecular complexity index is 673. The number of carbonyl (C=O) groups excluding carboxylic acids is 2. The smallest absolute Gasteiger partial charge is 0.234 e. The van der Waals surface area contributed by atoms with Gasteiger partial charge in [-0.25, -0.2) is 0 Å². The molecule has 3 nitrogen and oxygen atoms in total. The van der Waals surface area contributed by atoms with Crippen LogP contribution in [0.25, 0.3) is 5.76 Å². The lowest BCUT2D eigenvalue weighted by Gasteiger charge is -2.19. The molecule has 0 aromatic heterocycles. The van der Waals surface area contributed by atoms with Crippen molar-refractivity contribution in [3.63, 3.8) is 0 Å². The molecule has 1 unspecified atom stereocenters. The average Bonchev–Trinajstić information content (AvgIpc) is 2.52. The van der Waals surface area contributed by atoms with E-state index in [1.807, 2.05) is 0 Å². The highest BCUT2D eigenvalue weighted by Gasteiger charge is 2.32. The van der Waals surface area contributed by atoms with Crippen molar-refractivity contribution >= 4 is 33.3 Å². The summed E-state index contributed by atoms with van der Waals surface area (Å²) in [7, 11) is 0. The van der Waals surface area contributed by atoms with Gasteiger partial charge in [-0.15, -0.1) is 0 Å². The molecule has 1 aliphatic carbocycles. The molecule has 0 amide bonds. The molecule has 4 heteroatoms. The van der Waals surface area contributed by atoms with Crippen molar-refractivity contribution in [2.75, 3.05) is 0 Å². The van der Waals surface area contributed by atoms with Crippen LogP contribution in [0.2, 0.25) is 0 Å². The lowest BCUT2D eigenvalue weighted by Crippen LogP contribution is -2.24. The van der Waals surface area contributed by atoms with Gasteiger partial charge in [-0.05, 0) is 42.9 Å². The van der Waals surface area contributed by atoms with Gasteiger partial charge in [-0.2, -0.15) is 0 Å². The van der Waals surface area contributed by atoms with E-state index in [4.69, 9.17) is 0 Å². The molecule has 0 saturated carbocycles. The van der Waals surface area contributed by atoms with E-state index in [-0.39, 0.29) is 16.9 Å². The molecule has 1 atom stereocenters. The number of carbonyl (C=O) groups is 2. The Kier molecular flexibility index (Phi) is 6.39. The first-order chi connectivity index (χ1) is 11.3. The molecule has 0 fully saturated rings. The minimum absolute atomic E-state index is 0.0368. The highest BCUT2D eigenvalue weighted by Crippen LogP contribution is 2.33. The Labute approximate surface area is 152 Å². The van der Waals surface area contributed by atoms with Crippen LogP contribution in [-0.2, 0) is 4.79 Å². The van der Waals surface area contributed by atoms with Crippen LogP contribution in [0, 0.1) is 11.8 Å². The van der Waals surface area contributed by atoms with Gasteiger partial charge in [0.2, 0.25) is 11.6 Å². The highest BCUT2D eigenvalue weighted by atomic mass is 79.9. The zero-order chi connectivity index (χ0) is 17.9. The van der Waals surface area contributed by atoms with E-state index < -0.39 is 11.6 Å². The molecule has 24 heavy (non-hydrogen) atoms.